The van der Waals surface area contributed by atoms with E-state index in [0.717, 1.165) is 0 Å². The third-order valence-corrected chi connectivity index (χ3v) is 4.30. The van der Waals surface area contributed by atoms with E-state index in [2.05, 4.69) is 15.5 Å². The average molecular weight is 368 g/mol. The number of aromatic nitrogens is 2. The van der Waals surface area contributed by atoms with Crippen molar-refractivity contribution in [3.8, 4) is 28.4 Å². The van der Waals surface area contributed by atoms with Crippen LogP contribution < -0.4 is 22.8 Å². The molecule has 0 unspecified atom stereocenters. The maximum atomic E-state index is 12.6. The highest BCUT2D eigenvalue weighted by atomic mass is 16.3. The highest BCUT2D eigenvalue weighted by molar-refractivity contribution is 6.01. The van der Waals surface area contributed by atoms with Crippen molar-refractivity contribution in [3.63, 3.8) is 0 Å². The molecule has 1 heterocycles. The fourth-order valence-corrected chi connectivity index (χ4v) is 2.97. The predicted molar refractivity (Wildman–Crippen MR) is 103 cm³/mol. The molecule has 9 heteroatoms. The summed E-state index contributed by atoms with van der Waals surface area (Å²) in [6.07, 6.45) is 2.05. The van der Waals surface area contributed by atoms with E-state index in [9.17, 15) is 15.0 Å². The smallest absolute Gasteiger partial charge is 0.330 e. The number of benzene rings is 2. The zero-order chi connectivity index (χ0) is 19.6. The van der Waals surface area contributed by atoms with E-state index in [0.29, 0.717) is 34.5 Å². The van der Waals surface area contributed by atoms with Crippen molar-refractivity contribution in [3.05, 3.63) is 64.2 Å². The van der Waals surface area contributed by atoms with Crippen LogP contribution in [0.2, 0.25) is 0 Å². The molecule has 0 aliphatic carbocycles. The van der Waals surface area contributed by atoms with E-state index in [1.165, 1.54) is 16.8 Å². The molecular weight excluding hydrogens is 348 g/mol. The van der Waals surface area contributed by atoms with Crippen molar-refractivity contribution < 1.29 is 10.2 Å². The number of rotatable bonds is 4. The number of aromatic amines is 1. The molecule has 0 atom stereocenters. The molecular formula is C18H20N6O3. The fourth-order valence-electron chi connectivity index (χ4n) is 2.97. The van der Waals surface area contributed by atoms with E-state index in [1.54, 1.807) is 30.3 Å². The van der Waals surface area contributed by atoms with Gasteiger partial charge in [0.25, 0.3) is 0 Å². The standard InChI is InChI=1S/C18H20N6O3/c1-2-10-7-12(16(26)8-15(10)25)14-9-21-18(27)24(14)13-6-4-3-5-11(13)17(22-19)23-20/h3-9,25-26H,2,19-20H2,1H3,(H,21,27)(H,22,23). The minimum atomic E-state index is -0.420. The van der Waals surface area contributed by atoms with Crippen molar-refractivity contribution >= 4 is 5.84 Å². The highest BCUT2D eigenvalue weighted by Crippen LogP contribution is 2.35. The second-order valence-electron chi connectivity index (χ2n) is 5.81. The Morgan fingerprint density at radius 1 is 1.26 bits per heavy atom. The van der Waals surface area contributed by atoms with Gasteiger partial charge in [0.1, 0.15) is 11.5 Å². The zero-order valence-electron chi connectivity index (χ0n) is 14.6. The van der Waals surface area contributed by atoms with Gasteiger partial charge >= 0.3 is 5.69 Å². The first-order chi connectivity index (χ1) is 13.0. The molecule has 3 rings (SSSR count). The van der Waals surface area contributed by atoms with Crippen LogP contribution in [0.3, 0.4) is 0 Å². The lowest BCUT2D eigenvalue weighted by Crippen LogP contribution is -2.33. The topological polar surface area (TPSA) is 155 Å². The average Bonchev–Trinajstić information content (AvgIpc) is 3.04. The van der Waals surface area contributed by atoms with Crippen LogP contribution in [0.15, 0.2) is 52.5 Å². The van der Waals surface area contributed by atoms with Gasteiger partial charge in [0, 0.05) is 23.4 Å². The minimum absolute atomic E-state index is 0.00605. The lowest BCUT2D eigenvalue weighted by molar-refractivity contribution is 0.447. The third-order valence-electron chi connectivity index (χ3n) is 4.30. The molecule has 1 aromatic heterocycles. The van der Waals surface area contributed by atoms with E-state index in [4.69, 9.17) is 11.7 Å². The summed E-state index contributed by atoms with van der Waals surface area (Å²) in [5.41, 5.74) is 4.39. The number of hydrazine groups is 1. The van der Waals surface area contributed by atoms with Crippen LogP contribution in [0.4, 0.5) is 0 Å². The van der Waals surface area contributed by atoms with Gasteiger partial charge in [0.05, 0.1) is 11.4 Å². The summed E-state index contributed by atoms with van der Waals surface area (Å²) in [6, 6.07) is 9.82. The molecule has 0 fully saturated rings. The van der Waals surface area contributed by atoms with Gasteiger partial charge in [-0.15, -0.1) is 0 Å². The fraction of sp³-hybridized carbons (Fsp3) is 0.111. The number of aryl methyl sites for hydroxylation is 1. The number of aromatic hydroxyl groups is 2. The van der Waals surface area contributed by atoms with Crippen molar-refractivity contribution in [2.24, 2.45) is 16.8 Å². The lowest BCUT2D eigenvalue weighted by Gasteiger charge is -2.15. The summed E-state index contributed by atoms with van der Waals surface area (Å²) in [7, 11) is 0. The number of H-pyrrole nitrogens is 1. The largest absolute Gasteiger partial charge is 0.508 e. The van der Waals surface area contributed by atoms with Crippen LogP contribution in [-0.4, -0.2) is 25.6 Å². The second kappa shape index (κ2) is 7.26. The predicted octanol–water partition coefficient (Wildman–Crippen LogP) is 0.890. The number of hydrazone groups is 1. The number of nitrogens with zero attached hydrogens (tertiary/aromatic N) is 2. The van der Waals surface area contributed by atoms with Gasteiger partial charge in [-0.2, -0.15) is 5.10 Å². The Hall–Kier alpha value is -3.72. The summed E-state index contributed by atoms with van der Waals surface area (Å²) in [5, 5.41) is 23.9. The summed E-state index contributed by atoms with van der Waals surface area (Å²) >= 11 is 0. The van der Waals surface area contributed by atoms with Crippen LogP contribution in [0, 0.1) is 0 Å². The number of para-hydroxylation sites is 1. The molecule has 27 heavy (non-hydrogen) atoms. The molecule has 0 radical (unpaired) electrons. The maximum Gasteiger partial charge on any atom is 0.330 e. The van der Waals surface area contributed by atoms with E-state index in [-0.39, 0.29) is 17.3 Å². The van der Waals surface area contributed by atoms with Crippen molar-refractivity contribution in [1.82, 2.24) is 15.0 Å². The van der Waals surface area contributed by atoms with Crippen molar-refractivity contribution in [2.45, 2.75) is 13.3 Å². The van der Waals surface area contributed by atoms with Gasteiger partial charge in [0.15, 0.2) is 5.84 Å². The number of imidazole rings is 1. The van der Waals surface area contributed by atoms with E-state index in [1.807, 2.05) is 6.92 Å². The van der Waals surface area contributed by atoms with Crippen molar-refractivity contribution in [1.29, 1.82) is 0 Å². The first-order valence-corrected chi connectivity index (χ1v) is 8.21. The molecule has 0 aliphatic rings. The summed E-state index contributed by atoms with van der Waals surface area (Å²) in [5.74, 6) is 10.9. The van der Waals surface area contributed by atoms with Crippen molar-refractivity contribution in [2.75, 3.05) is 0 Å². The van der Waals surface area contributed by atoms with E-state index < -0.39 is 5.69 Å². The number of hydrogen-bond donors (Lipinski definition) is 6. The van der Waals surface area contributed by atoms with Gasteiger partial charge in [-0.05, 0) is 30.2 Å². The highest BCUT2D eigenvalue weighted by Gasteiger charge is 2.19. The molecule has 0 amide bonds. The molecule has 0 saturated carbocycles. The maximum absolute atomic E-state index is 12.6. The number of nitrogens with two attached hydrogens (primary N) is 2. The quantitative estimate of drug-likeness (QED) is 0.174. The first-order valence-electron chi connectivity index (χ1n) is 8.21. The van der Waals surface area contributed by atoms with Crippen LogP contribution in [-0.2, 0) is 6.42 Å². The molecule has 8 N–H and O–H groups in total. The Labute approximate surface area is 154 Å². The lowest BCUT2D eigenvalue weighted by atomic mass is 10.0. The number of phenols is 2. The Kier molecular flexibility index (Phi) is 4.86. The van der Waals surface area contributed by atoms with Gasteiger partial charge in [-0.3, -0.25) is 4.57 Å². The SMILES string of the molecule is CCc1cc(-c2c[nH]c(=O)n2-c2ccccc2/C(=N/N)NN)c(O)cc1O. The Bertz CT molecular complexity index is 1070. The van der Waals surface area contributed by atoms with Gasteiger partial charge < -0.3 is 26.5 Å². The van der Waals surface area contributed by atoms with Gasteiger partial charge in [-0.25, -0.2) is 10.6 Å². The van der Waals surface area contributed by atoms with Gasteiger partial charge in [0.2, 0.25) is 0 Å². The molecule has 0 saturated heterocycles. The normalized spacial score (nSPS) is 11.6. The van der Waals surface area contributed by atoms with Crippen LogP contribution in [0.25, 0.3) is 16.9 Å². The van der Waals surface area contributed by atoms with Crippen LogP contribution in [0.5, 0.6) is 11.5 Å². The number of amidine groups is 1. The van der Waals surface area contributed by atoms with Gasteiger partial charge in [-0.1, -0.05) is 19.1 Å². The third kappa shape index (κ3) is 3.11. The monoisotopic (exact) mass is 368 g/mol. The summed E-state index contributed by atoms with van der Waals surface area (Å²) in [6.45, 7) is 1.88. The first kappa shape index (κ1) is 18.1. The number of phenolic OH excluding ortho intramolecular Hbond substituents is 2. The molecule has 0 aliphatic heterocycles. The molecule has 0 spiro atoms. The number of hydrogen-bond acceptors (Lipinski definition) is 6. The minimum Gasteiger partial charge on any atom is -0.508 e. The zero-order valence-corrected chi connectivity index (χ0v) is 14.6. The Morgan fingerprint density at radius 3 is 2.67 bits per heavy atom. The van der Waals surface area contributed by atoms with Crippen LogP contribution in [0.1, 0.15) is 18.1 Å². The Morgan fingerprint density at radius 2 is 2.00 bits per heavy atom. The summed E-state index contributed by atoms with van der Waals surface area (Å²) in [4.78, 5) is 15.2. The molecule has 3 aromatic rings. The molecule has 9 nitrogen and oxygen atoms in total. The second-order valence-corrected chi connectivity index (χ2v) is 5.81. The molecule has 2 aromatic carbocycles. The number of nitrogens with one attached hydrogen (secondary N) is 2. The molecule has 0 bridgehead atoms. The van der Waals surface area contributed by atoms with Crippen LogP contribution >= 0.6 is 0 Å². The summed E-state index contributed by atoms with van der Waals surface area (Å²) < 4.78 is 1.38. The molecule has 140 valence electrons. The Balaban J connectivity index is 2.30. The van der Waals surface area contributed by atoms with E-state index >= 15 is 0 Å².